The van der Waals surface area contributed by atoms with E-state index in [0.717, 1.165) is 22.1 Å². The quantitative estimate of drug-likeness (QED) is 0.585. The topological polar surface area (TPSA) is 25.8 Å². The molecule has 3 rings (SSSR count). The third kappa shape index (κ3) is 1.67. The molecule has 1 aromatic heterocycles. The van der Waals surface area contributed by atoms with Crippen LogP contribution in [0.2, 0.25) is 0 Å². The highest BCUT2D eigenvalue weighted by Gasteiger charge is 2.01. The Kier molecular flexibility index (Phi) is 2.88. The SMILES string of the molecule is Br.Cc1cccc2nc3ccccc3nc12. The molecule has 16 heavy (non-hydrogen) atoms. The predicted molar refractivity (Wildman–Crippen MR) is 72.1 cm³/mol. The van der Waals surface area contributed by atoms with Crippen LogP contribution in [0.1, 0.15) is 5.56 Å². The van der Waals surface area contributed by atoms with Crippen molar-refractivity contribution in [2.75, 3.05) is 0 Å². The van der Waals surface area contributed by atoms with Crippen LogP contribution in [0.4, 0.5) is 0 Å². The Morgan fingerprint density at radius 2 is 1.38 bits per heavy atom. The molecule has 0 saturated carbocycles. The average molecular weight is 275 g/mol. The van der Waals surface area contributed by atoms with Crippen molar-refractivity contribution in [3.8, 4) is 0 Å². The first-order chi connectivity index (χ1) is 7.34. The first-order valence-electron chi connectivity index (χ1n) is 4.97. The summed E-state index contributed by atoms with van der Waals surface area (Å²) in [6.07, 6.45) is 0. The Hall–Kier alpha value is -1.48. The Labute approximate surface area is 104 Å². The van der Waals surface area contributed by atoms with Crippen molar-refractivity contribution in [1.82, 2.24) is 9.97 Å². The molecule has 1 heterocycles. The van der Waals surface area contributed by atoms with Crippen LogP contribution < -0.4 is 0 Å². The molecule has 80 valence electrons. The molecule has 0 atom stereocenters. The van der Waals surface area contributed by atoms with Gasteiger partial charge in [0.2, 0.25) is 0 Å². The summed E-state index contributed by atoms with van der Waals surface area (Å²) in [6.45, 7) is 2.06. The van der Waals surface area contributed by atoms with E-state index in [1.165, 1.54) is 5.56 Å². The van der Waals surface area contributed by atoms with Gasteiger partial charge in [0.1, 0.15) is 0 Å². The van der Waals surface area contributed by atoms with E-state index in [4.69, 9.17) is 0 Å². The van der Waals surface area contributed by atoms with Gasteiger partial charge in [-0.2, -0.15) is 0 Å². The standard InChI is InChI=1S/C13H10N2.BrH/c1-9-5-4-8-12-13(9)15-11-7-3-2-6-10(11)14-12;/h2-8H,1H3;1H. The molecule has 2 aromatic carbocycles. The number of halogens is 1. The fourth-order valence-corrected chi connectivity index (χ4v) is 1.78. The average Bonchev–Trinajstić information content (AvgIpc) is 2.27. The van der Waals surface area contributed by atoms with Crippen LogP contribution in [0, 0.1) is 6.92 Å². The molecule has 0 saturated heterocycles. The number of benzene rings is 2. The fraction of sp³-hybridized carbons (Fsp3) is 0.0769. The van der Waals surface area contributed by atoms with E-state index >= 15 is 0 Å². The van der Waals surface area contributed by atoms with Gasteiger partial charge in [0.25, 0.3) is 0 Å². The number of aryl methyl sites for hydroxylation is 1. The van der Waals surface area contributed by atoms with Gasteiger partial charge in [-0.3, -0.25) is 0 Å². The molecular formula is C13H11BrN2. The summed E-state index contributed by atoms with van der Waals surface area (Å²) >= 11 is 0. The zero-order valence-electron chi connectivity index (χ0n) is 8.84. The second-order valence-corrected chi connectivity index (χ2v) is 3.65. The van der Waals surface area contributed by atoms with Crippen molar-refractivity contribution in [2.24, 2.45) is 0 Å². The molecule has 0 aliphatic rings. The summed E-state index contributed by atoms with van der Waals surface area (Å²) in [6, 6.07) is 14.0. The largest absolute Gasteiger partial charge is 0.244 e. The molecule has 2 nitrogen and oxygen atoms in total. The van der Waals surface area contributed by atoms with E-state index in [9.17, 15) is 0 Å². The Morgan fingerprint density at radius 1 is 0.750 bits per heavy atom. The van der Waals surface area contributed by atoms with Crippen LogP contribution in [0.15, 0.2) is 42.5 Å². The van der Waals surface area contributed by atoms with Gasteiger partial charge in [-0.1, -0.05) is 24.3 Å². The molecule has 0 radical (unpaired) electrons. The van der Waals surface area contributed by atoms with Crippen molar-refractivity contribution in [2.45, 2.75) is 6.92 Å². The molecule has 0 aliphatic carbocycles. The lowest BCUT2D eigenvalue weighted by Gasteiger charge is -2.02. The second kappa shape index (κ2) is 4.18. The molecule has 0 N–H and O–H groups in total. The zero-order valence-corrected chi connectivity index (χ0v) is 10.6. The predicted octanol–water partition coefficient (Wildman–Crippen LogP) is 3.67. The summed E-state index contributed by atoms with van der Waals surface area (Å²) in [7, 11) is 0. The Balaban J connectivity index is 0.000000963. The number of rotatable bonds is 0. The molecule has 0 unspecified atom stereocenters. The smallest absolute Gasteiger partial charge is 0.0923 e. The lowest BCUT2D eigenvalue weighted by molar-refractivity contribution is 1.36. The van der Waals surface area contributed by atoms with E-state index < -0.39 is 0 Å². The molecule has 3 heteroatoms. The highest BCUT2D eigenvalue weighted by atomic mass is 79.9. The summed E-state index contributed by atoms with van der Waals surface area (Å²) in [5.74, 6) is 0. The first kappa shape index (κ1) is 11.0. The maximum Gasteiger partial charge on any atom is 0.0923 e. The number of para-hydroxylation sites is 3. The highest BCUT2D eigenvalue weighted by molar-refractivity contribution is 8.93. The van der Waals surface area contributed by atoms with Crippen LogP contribution in [0.25, 0.3) is 22.1 Å². The lowest BCUT2D eigenvalue weighted by Crippen LogP contribution is -1.88. The maximum absolute atomic E-state index is 4.61. The van der Waals surface area contributed by atoms with Gasteiger partial charge in [-0.05, 0) is 30.7 Å². The molecule has 0 spiro atoms. The number of hydrogen-bond donors (Lipinski definition) is 0. The van der Waals surface area contributed by atoms with E-state index in [2.05, 4.69) is 23.0 Å². The maximum atomic E-state index is 4.61. The van der Waals surface area contributed by atoms with Gasteiger partial charge in [0.15, 0.2) is 0 Å². The van der Waals surface area contributed by atoms with Crippen molar-refractivity contribution >= 4 is 39.0 Å². The number of aromatic nitrogens is 2. The van der Waals surface area contributed by atoms with Gasteiger partial charge in [-0.15, -0.1) is 17.0 Å². The summed E-state index contributed by atoms with van der Waals surface area (Å²) in [5, 5.41) is 0. The van der Waals surface area contributed by atoms with Crippen LogP contribution in [0.3, 0.4) is 0 Å². The molecule has 0 fully saturated rings. The summed E-state index contributed by atoms with van der Waals surface area (Å²) in [4.78, 5) is 9.19. The number of nitrogens with zero attached hydrogens (tertiary/aromatic N) is 2. The summed E-state index contributed by atoms with van der Waals surface area (Å²) in [5.41, 5.74) is 5.05. The van der Waals surface area contributed by atoms with Gasteiger partial charge >= 0.3 is 0 Å². The molecule has 0 amide bonds. The van der Waals surface area contributed by atoms with Crippen molar-refractivity contribution in [1.29, 1.82) is 0 Å². The molecule has 3 aromatic rings. The van der Waals surface area contributed by atoms with Crippen molar-refractivity contribution in [3.05, 3.63) is 48.0 Å². The zero-order chi connectivity index (χ0) is 10.3. The molecule has 0 bridgehead atoms. The highest BCUT2D eigenvalue weighted by Crippen LogP contribution is 2.18. The van der Waals surface area contributed by atoms with E-state index in [1.807, 2.05) is 36.4 Å². The minimum Gasteiger partial charge on any atom is -0.244 e. The van der Waals surface area contributed by atoms with Crippen LogP contribution in [-0.4, -0.2) is 9.97 Å². The third-order valence-electron chi connectivity index (χ3n) is 2.57. The third-order valence-corrected chi connectivity index (χ3v) is 2.57. The molecule has 0 aliphatic heterocycles. The minimum absolute atomic E-state index is 0. The number of fused-ring (bicyclic) bond motifs is 2. The van der Waals surface area contributed by atoms with Crippen molar-refractivity contribution < 1.29 is 0 Å². The Bertz CT molecular complexity index is 650. The van der Waals surface area contributed by atoms with Gasteiger partial charge < -0.3 is 0 Å². The van der Waals surface area contributed by atoms with Crippen LogP contribution in [-0.2, 0) is 0 Å². The van der Waals surface area contributed by atoms with Gasteiger partial charge in [0, 0.05) is 0 Å². The monoisotopic (exact) mass is 274 g/mol. The molecular weight excluding hydrogens is 264 g/mol. The van der Waals surface area contributed by atoms with Crippen molar-refractivity contribution in [3.63, 3.8) is 0 Å². The van der Waals surface area contributed by atoms with E-state index in [-0.39, 0.29) is 17.0 Å². The van der Waals surface area contributed by atoms with Gasteiger partial charge in [0.05, 0.1) is 22.1 Å². The second-order valence-electron chi connectivity index (χ2n) is 3.65. The summed E-state index contributed by atoms with van der Waals surface area (Å²) < 4.78 is 0. The van der Waals surface area contributed by atoms with E-state index in [1.54, 1.807) is 0 Å². The van der Waals surface area contributed by atoms with Crippen LogP contribution in [0.5, 0.6) is 0 Å². The van der Waals surface area contributed by atoms with Crippen LogP contribution >= 0.6 is 17.0 Å². The normalized spacial score (nSPS) is 10.3. The lowest BCUT2D eigenvalue weighted by atomic mass is 10.2. The minimum atomic E-state index is 0. The van der Waals surface area contributed by atoms with Gasteiger partial charge in [-0.25, -0.2) is 9.97 Å². The fourth-order valence-electron chi connectivity index (χ4n) is 1.78. The number of hydrogen-bond acceptors (Lipinski definition) is 2. The Morgan fingerprint density at radius 3 is 2.12 bits per heavy atom. The first-order valence-corrected chi connectivity index (χ1v) is 4.97. The van der Waals surface area contributed by atoms with E-state index in [0.29, 0.717) is 0 Å².